The maximum atomic E-state index is 12.8. The van der Waals surface area contributed by atoms with Crippen molar-refractivity contribution >= 4 is 0 Å². The van der Waals surface area contributed by atoms with Gasteiger partial charge in [0.05, 0.1) is 0 Å². The zero-order chi connectivity index (χ0) is 15.3. The molecule has 0 heterocycles. The minimum Gasteiger partial charge on any atom is -0.324 e. The number of nitrogens with one attached hydrogen (secondary N) is 1. The lowest BCUT2D eigenvalue weighted by Gasteiger charge is -2.12. The number of unbranched alkanes of at least 4 members (excludes halogenated alkanes) is 5. The van der Waals surface area contributed by atoms with Crippen molar-refractivity contribution in [1.82, 2.24) is 5.32 Å². The van der Waals surface area contributed by atoms with Gasteiger partial charge in [0.15, 0.2) is 0 Å². The van der Waals surface area contributed by atoms with Gasteiger partial charge in [-0.2, -0.15) is 0 Å². The van der Waals surface area contributed by atoms with Crippen LogP contribution in [0.2, 0.25) is 0 Å². The molecule has 0 aliphatic carbocycles. The Bertz CT molecular complexity index is 351. The van der Waals surface area contributed by atoms with Gasteiger partial charge in [-0.25, -0.2) is 4.39 Å². The molecule has 3 N–H and O–H groups in total. The molecule has 1 atom stereocenters. The number of hydrogen-bond donors (Lipinski definition) is 2. The molecule has 0 saturated carbocycles. The Morgan fingerprint density at radius 1 is 0.952 bits per heavy atom. The van der Waals surface area contributed by atoms with Gasteiger partial charge < -0.3 is 11.1 Å². The van der Waals surface area contributed by atoms with Gasteiger partial charge >= 0.3 is 0 Å². The number of halogens is 1. The van der Waals surface area contributed by atoms with Crippen molar-refractivity contribution < 1.29 is 4.39 Å². The van der Waals surface area contributed by atoms with Gasteiger partial charge in [0, 0.05) is 6.04 Å². The molecule has 1 unspecified atom stereocenters. The zero-order valence-corrected chi connectivity index (χ0v) is 13.4. The fourth-order valence-electron chi connectivity index (χ4n) is 2.48. The third-order valence-corrected chi connectivity index (χ3v) is 3.87. The summed E-state index contributed by atoms with van der Waals surface area (Å²) >= 11 is 0. The van der Waals surface area contributed by atoms with E-state index < -0.39 is 0 Å². The Morgan fingerprint density at radius 3 is 2.29 bits per heavy atom. The fraction of sp³-hybridized carbons (Fsp3) is 0.667. The standard InChI is InChI=1S/C18H31FN2/c1-2-3-4-5-6-7-14-21-15-8-9-18(20)16-10-12-17(19)13-11-16/h10-13,18,21H,2-9,14-15,20H2,1H3. The predicted molar refractivity (Wildman–Crippen MR) is 88.8 cm³/mol. The van der Waals surface area contributed by atoms with Crippen molar-refractivity contribution in [1.29, 1.82) is 0 Å². The molecule has 0 radical (unpaired) electrons. The molecule has 0 amide bonds. The van der Waals surface area contributed by atoms with E-state index in [1.807, 2.05) is 0 Å². The largest absolute Gasteiger partial charge is 0.324 e. The van der Waals surface area contributed by atoms with Crippen LogP contribution in [0.1, 0.15) is 69.9 Å². The Balaban J connectivity index is 1.95. The fourth-order valence-corrected chi connectivity index (χ4v) is 2.48. The van der Waals surface area contributed by atoms with Crippen LogP contribution < -0.4 is 11.1 Å². The SMILES string of the molecule is CCCCCCCCNCCCC(N)c1ccc(F)cc1. The van der Waals surface area contributed by atoms with E-state index in [1.54, 1.807) is 12.1 Å². The van der Waals surface area contributed by atoms with Gasteiger partial charge in [0.1, 0.15) is 5.82 Å². The highest BCUT2D eigenvalue weighted by Gasteiger charge is 2.05. The van der Waals surface area contributed by atoms with Crippen molar-refractivity contribution in [2.45, 2.75) is 64.3 Å². The third kappa shape index (κ3) is 8.84. The highest BCUT2D eigenvalue weighted by molar-refractivity contribution is 5.19. The number of hydrogen-bond acceptors (Lipinski definition) is 2. The first kappa shape index (κ1) is 18.1. The molecule has 0 aliphatic heterocycles. The van der Waals surface area contributed by atoms with E-state index in [1.165, 1.54) is 50.7 Å². The van der Waals surface area contributed by atoms with Crippen LogP contribution in [-0.4, -0.2) is 13.1 Å². The van der Waals surface area contributed by atoms with Crippen molar-refractivity contribution in [3.8, 4) is 0 Å². The third-order valence-electron chi connectivity index (χ3n) is 3.87. The molecule has 21 heavy (non-hydrogen) atoms. The molecular formula is C18H31FN2. The average Bonchev–Trinajstić information content (AvgIpc) is 2.49. The summed E-state index contributed by atoms with van der Waals surface area (Å²) in [5.41, 5.74) is 7.12. The average molecular weight is 294 g/mol. The second kappa shape index (κ2) is 11.7. The second-order valence-corrected chi connectivity index (χ2v) is 5.82. The second-order valence-electron chi connectivity index (χ2n) is 5.82. The molecule has 0 spiro atoms. The number of rotatable bonds is 12. The minimum absolute atomic E-state index is 0.0152. The summed E-state index contributed by atoms with van der Waals surface area (Å²) in [5, 5.41) is 3.48. The van der Waals surface area contributed by atoms with E-state index in [4.69, 9.17) is 5.73 Å². The Labute approximate surface area is 129 Å². The molecule has 0 aromatic heterocycles. The van der Waals surface area contributed by atoms with Gasteiger partial charge in [-0.1, -0.05) is 51.2 Å². The Morgan fingerprint density at radius 2 is 1.57 bits per heavy atom. The lowest BCUT2D eigenvalue weighted by Crippen LogP contribution is -2.19. The van der Waals surface area contributed by atoms with Crippen LogP contribution in [0.3, 0.4) is 0 Å². The van der Waals surface area contributed by atoms with Gasteiger partial charge in [0.25, 0.3) is 0 Å². The van der Waals surface area contributed by atoms with Gasteiger partial charge in [-0.05, 0) is 50.0 Å². The maximum Gasteiger partial charge on any atom is 0.123 e. The van der Waals surface area contributed by atoms with Crippen LogP contribution in [0.15, 0.2) is 24.3 Å². The molecule has 0 fully saturated rings. The van der Waals surface area contributed by atoms with Crippen LogP contribution in [0.4, 0.5) is 4.39 Å². The summed E-state index contributed by atoms with van der Waals surface area (Å²) in [4.78, 5) is 0. The van der Waals surface area contributed by atoms with E-state index in [2.05, 4.69) is 12.2 Å². The summed E-state index contributed by atoms with van der Waals surface area (Å²) in [6, 6.07) is 6.53. The zero-order valence-electron chi connectivity index (χ0n) is 13.4. The van der Waals surface area contributed by atoms with Gasteiger partial charge in [-0.3, -0.25) is 0 Å². The summed E-state index contributed by atoms with van der Waals surface area (Å²) < 4.78 is 12.8. The minimum atomic E-state index is -0.202. The molecule has 2 nitrogen and oxygen atoms in total. The maximum absolute atomic E-state index is 12.8. The number of benzene rings is 1. The quantitative estimate of drug-likeness (QED) is 0.555. The van der Waals surface area contributed by atoms with Crippen LogP contribution in [0.25, 0.3) is 0 Å². The molecule has 120 valence electrons. The first-order valence-corrected chi connectivity index (χ1v) is 8.45. The van der Waals surface area contributed by atoms with Crippen LogP contribution >= 0.6 is 0 Å². The first-order chi connectivity index (χ1) is 10.2. The normalized spacial score (nSPS) is 12.5. The molecule has 0 bridgehead atoms. The van der Waals surface area contributed by atoms with E-state index in [-0.39, 0.29) is 11.9 Å². The lowest BCUT2D eigenvalue weighted by molar-refractivity contribution is 0.538. The van der Waals surface area contributed by atoms with Crippen molar-refractivity contribution in [2.75, 3.05) is 13.1 Å². The lowest BCUT2D eigenvalue weighted by atomic mass is 10.0. The smallest absolute Gasteiger partial charge is 0.123 e. The Kier molecular flexibility index (Phi) is 10.1. The van der Waals surface area contributed by atoms with Crippen molar-refractivity contribution in [3.63, 3.8) is 0 Å². The molecule has 3 heteroatoms. The molecule has 1 aromatic carbocycles. The molecule has 1 rings (SSSR count). The molecule has 0 aliphatic rings. The summed E-state index contributed by atoms with van der Waals surface area (Å²) in [7, 11) is 0. The summed E-state index contributed by atoms with van der Waals surface area (Å²) in [6.07, 6.45) is 10.0. The van der Waals surface area contributed by atoms with Crippen molar-refractivity contribution in [2.24, 2.45) is 5.73 Å². The molecular weight excluding hydrogens is 263 g/mol. The van der Waals surface area contributed by atoms with Gasteiger partial charge in [-0.15, -0.1) is 0 Å². The van der Waals surface area contributed by atoms with Crippen LogP contribution in [0.5, 0.6) is 0 Å². The van der Waals surface area contributed by atoms with Crippen LogP contribution in [0, 0.1) is 5.82 Å². The van der Waals surface area contributed by atoms with Crippen molar-refractivity contribution in [3.05, 3.63) is 35.6 Å². The highest BCUT2D eigenvalue weighted by Crippen LogP contribution is 2.15. The highest BCUT2D eigenvalue weighted by atomic mass is 19.1. The van der Waals surface area contributed by atoms with E-state index in [0.29, 0.717) is 0 Å². The predicted octanol–water partition coefficient (Wildman–Crippen LogP) is 4.56. The van der Waals surface area contributed by atoms with Gasteiger partial charge in [0.2, 0.25) is 0 Å². The topological polar surface area (TPSA) is 38.0 Å². The van der Waals surface area contributed by atoms with E-state index >= 15 is 0 Å². The molecule has 1 aromatic rings. The van der Waals surface area contributed by atoms with E-state index in [0.717, 1.165) is 31.5 Å². The van der Waals surface area contributed by atoms with E-state index in [9.17, 15) is 4.39 Å². The van der Waals surface area contributed by atoms with Crippen LogP contribution in [-0.2, 0) is 0 Å². The number of nitrogens with two attached hydrogens (primary N) is 1. The first-order valence-electron chi connectivity index (χ1n) is 8.45. The summed E-state index contributed by atoms with van der Waals surface area (Å²) in [5.74, 6) is -0.202. The molecule has 0 saturated heterocycles. The Hall–Kier alpha value is -0.930. The monoisotopic (exact) mass is 294 g/mol. The summed E-state index contributed by atoms with van der Waals surface area (Å²) in [6.45, 7) is 4.37.